The van der Waals surface area contributed by atoms with Gasteiger partial charge in [-0.05, 0) is 12.5 Å². The summed E-state index contributed by atoms with van der Waals surface area (Å²) in [5.41, 5.74) is -5.98. The van der Waals surface area contributed by atoms with E-state index in [9.17, 15) is 52.3 Å². The van der Waals surface area contributed by atoms with Crippen LogP contribution in [0.2, 0.25) is 0 Å². The highest BCUT2D eigenvalue weighted by molar-refractivity contribution is 7.86. The first-order valence-corrected chi connectivity index (χ1v) is 11.7. The number of aromatic nitrogens is 4. The van der Waals surface area contributed by atoms with E-state index >= 15 is 0 Å². The van der Waals surface area contributed by atoms with Crippen LogP contribution >= 0.6 is 0 Å². The normalized spacial score (nSPS) is 13.6. The van der Waals surface area contributed by atoms with Gasteiger partial charge in [0, 0.05) is 18.8 Å². The van der Waals surface area contributed by atoms with Gasteiger partial charge in [-0.2, -0.15) is 43.2 Å². The van der Waals surface area contributed by atoms with Gasteiger partial charge in [-0.25, -0.2) is 9.97 Å². The predicted octanol–water partition coefficient (Wildman–Crippen LogP) is 3.12. The summed E-state index contributed by atoms with van der Waals surface area (Å²) in [5, 5.41) is -1.74. The maximum absolute atomic E-state index is 13.4. The summed E-state index contributed by atoms with van der Waals surface area (Å²) in [7, 11) is -9.84. The van der Waals surface area contributed by atoms with Crippen LogP contribution in [0.1, 0.15) is 23.6 Å². The van der Waals surface area contributed by atoms with Gasteiger partial charge in [0.25, 0.3) is 10.1 Å². The van der Waals surface area contributed by atoms with Crippen LogP contribution in [0.5, 0.6) is 0 Å². The van der Waals surface area contributed by atoms with Crippen molar-refractivity contribution >= 4 is 31.4 Å². The molecule has 0 aliphatic rings. The highest BCUT2D eigenvalue weighted by atomic mass is 32.2. The Bertz CT molecular complexity index is 1530. The Morgan fingerprint density at radius 2 is 1.50 bits per heavy atom. The van der Waals surface area contributed by atoms with Gasteiger partial charge < -0.3 is 4.57 Å². The average molecular weight is 534 g/mol. The Morgan fingerprint density at radius 1 is 0.941 bits per heavy atom. The summed E-state index contributed by atoms with van der Waals surface area (Å²) in [6.07, 6.45) is -10.9. The Hall–Kier alpha value is -2.83. The third-order valence-corrected chi connectivity index (χ3v) is 6.40. The maximum Gasteiger partial charge on any atom is 0.419 e. The van der Waals surface area contributed by atoms with Crippen LogP contribution in [0, 0.1) is 0 Å². The first-order valence-electron chi connectivity index (χ1n) is 8.77. The fourth-order valence-corrected chi connectivity index (χ4v) is 4.91. The molecule has 2 N–H and O–H groups in total. The molecule has 18 heteroatoms. The highest BCUT2D eigenvalue weighted by Gasteiger charge is 2.41. The van der Waals surface area contributed by atoms with E-state index in [-0.39, 0.29) is 12.3 Å². The van der Waals surface area contributed by atoms with Crippen molar-refractivity contribution < 1.29 is 52.3 Å². The smallest absolute Gasteiger partial charge is 0.310 e. The lowest BCUT2D eigenvalue weighted by Crippen LogP contribution is -2.17. The number of alkyl halides is 6. The average Bonchev–Trinajstić information content (AvgIpc) is 2.99. The van der Waals surface area contributed by atoms with Crippen molar-refractivity contribution in [2.75, 3.05) is 0 Å². The van der Waals surface area contributed by atoms with E-state index in [2.05, 4.69) is 15.0 Å². The van der Waals surface area contributed by atoms with E-state index in [1.54, 1.807) is 0 Å². The summed E-state index contributed by atoms with van der Waals surface area (Å²) in [6.45, 7) is 1.23. The van der Waals surface area contributed by atoms with Gasteiger partial charge >= 0.3 is 22.5 Å². The number of halogens is 6. The van der Waals surface area contributed by atoms with Crippen LogP contribution in [0.3, 0.4) is 0 Å². The third-order valence-electron chi connectivity index (χ3n) is 4.62. The van der Waals surface area contributed by atoms with Crippen LogP contribution in [0.25, 0.3) is 22.7 Å². The topological polar surface area (TPSA) is 152 Å². The van der Waals surface area contributed by atoms with Crippen molar-refractivity contribution in [3.63, 3.8) is 0 Å². The van der Waals surface area contributed by atoms with Crippen LogP contribution in [-0.4, -0.2) is 45.5 Å². The zero-order valence-corrected chi connectivity index (χ0v) is 18.4. The van der Waals surface area contributed by atoms with Crippen LogP contribution in [0.4, 0.5) is 26.3 Å². The van der Waals surface area contributed by atoms with Crippen molar-refractivity contribution in [3.8, 4) is 11.5 Å². The second kappa shape index (κ2) is 7.85. The highest BCUT2D eigenvalue weighted by Crippen LogP contribution is 2.40. The Balaban J connectivity index is 2.46. The third kappa shape index (κ3) is 4.44. The Kier molecular flexibility index (Phi) is 5.96. The minimum absolute atomic E-state index is 0.106. The van der Waals surface area contributed by atoms with E-state index in [0.29, 0.717) is 0 Å². The first-order chi connectivity index (χ1) is 15.3. The lowest BCUT2D eigenvalue weighted by Gasteiger charge is -2.16. The lowest BCUT2D eigenvalue weighted by atomic mass is 10.1. The molecule has 0 bridgehead atoms. The van der Waals surface area contributed by atoms with E-state index < -0.39 is 88.3 Å². The molecule has 0 amide bonds. The molecule has 3 rings (SSSR count). The van der Waals surface area contributed by atoms with Gasteiger partial charge in [0.1, 0.15) is 16.1 Å². The zero-order chi connectivity index (χ0) is 26.0. The molecule has 0 unspecified atom stereocenters. The number of hydrogen-bond acceptors (Lipinski definition) is 7. The number of aryl methyl sites for hydroxylation is 1. The summed E-state index contributed by atoms with van der Waals surface area (Å²) >= 11 is 0. The Morgan fingerprint density at radius 3 is 1.94 bits per heavy atom. The minimum Gasteiger partial charge on any atom is -0.310 e. The van der Waals surface area contributed by atoms with Crippen molar-refractivity contribution in [1.82, 2.24) is 19.5 Å². The van der Waals surface area contributed by atoms with Crippen molar-refractivity contribution in [3.05, 3.63) is 29.0 Å². The minimum atomic E-state index is -5.47. The SMILES string of the molecule is CCc1c(-c2nc3cc(C(F)(F)F)c(S(=O)(=O)O)nc3n2C)ncc(C(F)(F)F)c1S(=O)(=O)O. The molecule has 34 heavy (non-hydrogen) atoms. The second-order valence-corrected chi connectivity index (χ2v) is 9.50. The molecule has 0 aliphatic heterocycles. The van der Waals surface area contributed by atoms with Crippen molar-refractivity contribution in [2.24, 2.45) is 7.05 Å². The molecular weight excluding hydrogens is 522 g/mol. The van der Waals surface area contributed by atoms with Crippen molar-refractivity contribution in [2.45, 2.75) is 35.6 Å². The number of pyridine rings is 2. The van der Waals surface area contributed by atoms with E-state index in [1.165, 1.54) is 6.92 Å². The number of fused-ring (bicyclic) bond motifs is 1. The van der Waals surface area contributed by atoms with Crippen molar-refractivity contribution in [1.29, 1.82) is 0 Å². The Labute approximate surface area is 186 Å². The summed E-state index contributed by atoms with van der Waals surface area (Å²) in [5.74, 6) is -0.487. The summed E-state index contributed by atoms with van der Waals surface area (Å²) in [6, 6.07) is 0.244. The fourth-order valence-electron chi connectivity index (χ4n) is 3.26. The van der Waals surface area contributed by atoms with Gasteiger partial charge in [-0.1, -0.05) is 6.92 Å². The first kappa shape index (κ1) is 25.8. The second-order valence-electron chi connectivity index (χ2n) is 6.81. The van der Waals surface area contributed by atoms with Crippen LogP contribution in [-0.2, 0) is 46.1 Å². The molecule has 10 nitrogen and oxygen atoms in total. The zero-order valence-electron chi connectivity index (χ0n) is 16.8. The molecule has 0 atom stereocenters. The molecule has 0 saturated carbocycles. The molecule has 0 spiro atoms. The van der Waals surface area contributed by atoms with Gasteiger partial charge in [0.05, 0.1) is 11.1 Å². The molecular formula is C16H12F6N4O6S2. The molecule has 3 aromatic heterocycles. The van der Waals surface area contributed by atoms with Crippen LogP contribution < -0.4 is 0 Å². The molecule has 0 saturated heterocycles. The van der Waals surface area contributed by atoms with Gasteiger partial charge in [0.15, 0.2) is 16.5 Å². The number of hydrogen-bond donors (Lipinski definition) is 2. The molecule has 0 fully saturated rings. The molecule has 3 aromatic rings. The molecule has 0 aliphatic carbocycles. The molecule has 0 radical (unpaired) electrons. The van der Waals surface area contributed by atoms with Gasteiger partial charge in [0.2, 0.25) is 0 Å². The summed E-state index contributed by atoms with van der Waals surface area (Å²) in [4.78, 5) is 9.17. The lowest BCUT2D eigenvalue weighted by molar-refractivity contribution is -0.141. The maximum atomic E-state index is 13.4. The monoisotopic (exact) mass is 534 g/mol. The van der Waals surface area contributed by atoms with E-state index in [1.807, 2.05) is 0 Å². The quantitative estimate of drug-likeness (QED) is 0.380. The number of rotatable bonds is 4. The number of imidazole rings is 1. The van der Waals surface area contributed by atoms with Crippen LogP contribution in [0.15, 0.2) is 22.2 Å². The van der Waals surface area contributed by atoms with Gasteiger partial charge in [-0.3, -0.25) is 14.1 Å². The number of nitrogens with zero attached hydrogens (tertiary/aromatic N) is 4. The molecule has 0 aromatic carbocycles. The summed E-state index contributed by atoms with van der Waals surface area (Å²) < 4.78 is 146. The predicted molar refractivity (Wildman–Crippen MR) is 101 cm³/mol. The molecule has 186 valence electrons. The fraction of sp³-hybridized carbons (Fsp3) is 0.312. The van der Waals surface area contributed by atoms with Gasteiger partial charge in [-0.15, -0.1) is 0 Å². The molecule has 3 heterocycles. The van der Waals surface area contributed by atoms with E-state index in [0.717, 1.165) is 11.6 Å². The largest absolute Gasteiger partial charge is 0.419 e. The standard InChI is InChI=1S/C16H12F6N4O6S2/c1-3-6-10(23-5-8(16(20,21)22)11(6)33(27,28)29)13-24-9-4-7(15(17,18)19)14(34(30,31)32)25-12(9)26(13)2/h4-5H,3H2,1-2H3,(H,27,28,29)(H,30,31,32). The van der Waals surface area contributed by atoms with E-state index in [4.69, 9.17) is 0 Å².